The lowest BCUT2D eigenvalue weighted by molar-refractivity contribution is 0.0695. The number of carboxylic acids is 1. The van der Waals surface area contributed by atoms with Gasteiger partial charge in [-0.05, 0) is 24.8 Å². The van der Waals surface area contributed by atoms with Crippen molar-refractivity contribution in [1.29, 1.82) is 0 Å². The van der Waals surface area contributed by atoms with Gasteiger partial charge >= 0.3 is 12.1 Å². The zero-order valence-corrected chi connectivity index (χ0v) is 22.7. The molecule has 1 aliphatic carbocycles. The first-order valence-corrected chi connectivity index (χ1v) is 13.2. The van der Waals surface area contributed by atoms with Gasteiger partial charge in [0.25, 0.3) is 0 Å². The largest absolute Gasteiger partial charge is 0.492 e. The Morgan fingerprint density at radius 3 is 2.55 bits per heavy atom. The number of aromatic carboxylic acids is 1. The molecule has 1 aliphatic heterocycles. The number of hydrogen-bond donors (Lipinski definition) is 4. The first-order valence-electron chi connectivity index (χ1n) is 13.2. The van der Waals surface area contributed by atoms with Crippen molar-refractivity contribution < 1.29 is 28.6 Å². The highest BCUT2D eigenvalue weighted by Gasteiger charge is 2.47. The summed E-state index contributed by atoms with van der Waals surface area (Å²) in [5.41, 5.74) is 4.80. The first kappa shape index (κ1) is 27.4. The molecule has 212 valence electrons. The van der Waals surface area contributed by atoms with Crippen LogP contribution in [0.5, 0.6) is 5.75 Å². The number of nitrogens with zero attached hydrogens (tertiary/aromatic N) is 1. The number of nitrogens with two attached hydrogens (primary N) is 1. The molecule has 0 bridgehead atoms. The Hall–Kier alpha value is -4.12. The normalized spacial score (nSPS) is 19.2. The molecule has 0 radical (unpaired) electrons. The lowest BCUT2D eigenvalue weighted by Gasteiger charge is -2.45. The van der Waals surface area contributed by atoms with Gasteiger partial charge in [0.05, 0.1) is 18.0 Å². The number of aromatic nitrogens is 1. The van der Waals surface area contributed by atoms with Crippen molar-refractivity contribution in [3.8, 4) is 5.75 Å². The van der Waals surface area contributed by atoms with Crippen LogP contribution in [0.1, 0.15) is 54.6 Å². The number of alkyl carbamates (subject to hydrolysis) is 1. The van der Waals surface area contributed by atoms with Crippen LogP contribution in [0.3, 0.4) is 0 Å². The van der Waals surface area contributed by atoms with E-state index in [-0.39, 0.29) is 40.6 Å². The number of ether oxygens (including phenoxy) is 2. The van der Waals surface area contributed by atoms with E-state index in [1.54, 1.807) is 0 Å². The van der Waals surface area contributed by atoms with Gasteiger partial charge in [-0.25, -0.2) is 14.0 Å². The molecule has 1 atom stereocenters. The molecular formula is C29H33FN4O6. The molecule has 1 aromatic heterocycles. The number of anilines is 1. The second-order valence-electron chi connectivity index (χ2n) is 11.3. The fourth-order valence-electron chi connectivity index (χ4n) is 5.61. The van der Waals surface area contributed by atoms with Gasteiger partial charge < -0.3 is 35.5 Å². The number of hydrogen-bond acceptors (Lipinski definition) is 7. The Kier molecular flexibility index (Phi) is 6.95. The summed E-state index contributed by atoms with van der Waals surface area (Å²) in [4.78, 5) is 42.2. The maximum absolute atomic E-state index is 16.5. The fourth-order valence-corrected chi connectivity index (χ4v) is 5.61. The van der Waals surface area contributed by atoms with Crippen molar-refractivity contribution in [2.45, 2.75) is 51.3 Å². The maximum atomic E-state index is 16.5. The van der Waals surface area contributed by atoms with E-state index < -0.39 is 39.8 Å². The van der Waals surface area contributed by atoms with Crippen LogP contribution in [0.4, 0.5) is 14.9 Å². The molecule has 0 spiro atoms. The molecule has 11 heteroatoms. The molecule has 2 fully saturated rings. The number of carbonyl (C=O) groups excluding carboxylic acids is 1. The molecule has 1 unspecified atom stereocenters. The monoisotopic (exact) mass is 552 g/mol. The molecule has 5 N–H and O–H groups in total. The number of carbonyl (C=O) groups is 2. The molecule has 1 saturated heterocycles. The zero-order chi connectivity index (χ0) is 28.8. The van der Waals surface area contributed by atoms with E-state index in [4.69, 9.17) is 15.2 Å². The zero-order valence-electron chi connectivity index (χ0n) is 22.7. The Morgan fingerprint density at radius 1 is 1.25 bits per heavy atom. The number of H-pyrrole nitrogens is 1. The highest BCUT2D eigenvalue weighted by atomic mass is 19.1. The van der Waals surface area contributed by atoms with Gasteiger partial charge in [-0.15, -0.1) is 0 Å². The predicted molar refractivity (Wildman–Crippen MR) is 147 cm³/mol. The minimum absolute atomic E-state index is 0.00481. The lowest BCUT2D eigenvalue weighted by atomic mass is 9.78. The molecule has 1 amide bonds. The van der Waals surface area contributed by atoms with Crippen LogP contribution in [0.2, 0.25) is 0 Å². The summed E-state index contributed by atoms with van der Waals surface area (Å²) >= 11 is 0. The second-order valence-corrected chi connectivity index (χ2v) is 11.3. The summed E-state index contributed by atoms with van der Waals surface area (Å²) in [6.07, 6.45) is 1.98. The molecular weight excluding hydrogens is 519 g/mol. The number of pyridine rings is 1. The van der Waals surface area contributed by atoms with Crippen LogP contribution >= 0.6 is 0 Å². The third kappa shape index (κ3) is 4.85. The molecule has 40 heavy (non-hydrogen) atoms. The number of halogens is 1. The molecule has 2 aromatic carbocycles. The van der Waals surface area contributed by atoms with E-state index in [9.17, 15) is 19.5 Å². The average molecular weight is 553 g/mol. The number of aromatic amines is 1. The molecule has 2 heterocycles. The standard InChI is InChI=1S/C29H33FN4O6/c1-28(2)15-34(12-9-18(28)33-27(38)40-14-16-7-5-4-6-8-16)23-21(30)20(29(31)10-11-29)19-22(25(23)39-3)32-13-17(24(19)35)26(36)37/h4-8,13,18H,9-12,14-15,31H2,1-3H3,(H,32,35)(H,33,38)(H,36,37). The van der Waals surface area contributed by atoms with Crippen molar-refractivity contribution in [2.75, 3.05) is 25.1 Å². The quantitative estimate of drug-likeness (QED) is 0.346. The molecule has 10 nitrogen and oxygen atoms in total. The topological polar surface area (TPSA) is 147 Å². The number of rotatable bonds is 7. The van der Waals surface area contributed by atoms with Gasteiger partial charge in [-0.3, -0.25) is 4.79 Å². The third-order valence-electron chi connectivity index (χ3n) is 7.97. The number of methoxy groups -OCH3 is 1. The number of benzene rings is 2. The summed E-state index contributed by atoms with van der Waals surface area (Å²) in [7, 11) is 1.37. The van der Waals surface area contributed by atoms with E-state index in [1.165, 1.54) is 7.11 Å². The number of piperidine rings is 1. The average Bonchev–Trinajstić information content (AvgIpc) is 3.66. The maximum Gasteiger partial charge on any atom is 0.407 e. The van der Waals surface area contributed by atoms with Crippen molar-refractivity contribution in [3.05, 3.63) is 69.3 Å². The Balaban J connectivity index is 1.46. The van der Waals surface area contributed by atoms with Gasteiger partial charge in [-0.2, -0.15) is 0 Å². The van der Waals surface area contributed by atoms with E-state index in [0.717, 1.165) is 11.8 Å². The van der Waals surface area contributed by atoms with Crippen molar-refractivity contribution >= 4 is 28.7 Å². The summed E-state index contributed by atoms with van der Waals surface area (Å²) in [6, 6.07) is 9.13. The van der Waals surface area contributed by atoms with Gasteiger partial charge in [0.15, 0.2) is 11.6 Å². The van der Waals surface area contributed by atoms with Gasteiger partial charge in [0, 0.05) is 41.8 Å². The molecule has 5 rings (SSSR count). The van der Waals surface area contributed by atoms with Gasteiger partial charge in [0.2, 0.25) is 5.43 Å². The summed E-state index contributed by atoms with van der Waals surface area (Å²) in [5.74, 6) is -2.01. The van der Waals surface area contributed by atoms with Crippen molar-refractivity contribution in [1.82, 2.24) is 10.3 Å². The fraction of sp³-hybridized carbons (Fsp3) is 0.414. The minimum atomic E-state index is -1.42. The number of fused-ring (bicyclic) bond motifs is 1. The van der Waals surface area contributed by atoms with Crippen molar-refractivity contribution in [3.63, 3.8) is 0 Å². The molecule has 2 aliphatic rings. The highest BCUT2D eigenvalue weighted by molar-refractivity contribution is 5.99. The highest BCUT2D eigenvalue weighted by Crippen LogP contribution is 2.51. The van der Waals surface area contributed by atoms with Gasteiger partial charge in [-0.1, -0.05) is 44.2 Å². The van der Waals surface area contributed by atoms with Crippen molar-refractivity contribution in [2.24, 2.45) is 11.1 Å². The Bertz CT molecular complexity index is 1530. The summed E-state index contributed by atoms with van der Waals surface area (Å²) in [5, 5.41) is 12.4. The number of amides is 1. The molecule has 3 aromatic rings. The third-order valence-corrected chi connectivity index (χ3v) is 7.97. The smallest absolute Gasteiger partial charge is 0.407 e. The van der Waals surface area contributed by atoms with Crippen LogP contribution in [0, 0.1) is 11.2 Å². The van der Waals surface area contributed by atoms with E-state index in [2.05, 4.69) is 10.3 Å². The van der Waals surface area contributed by atoms with Crippen LogP contribution in [-0.4, -0.2) is 48.4 Å². The van der Waals surface area contributed by atoms with Crippen LogP contribution in [-0.2, 0) is 16.9 Å². The summed E-state index contributed by atoms with van der Waals surface area (Å²) < 4.78 is 27.6. The molecule has 1 saturated carbocycles. The lowest BCUT2D eigenvalue weighted by Crippen LogP contribution is -2.56. The summed E-state index contributed by atoms with van der Waals surface area (Å²) in [6.45, 7) is 4.82. The Morgan fingerprint density at radius 2 is 1.95 bits per heavy atom. The second kappa shape index (κ2) is 10.1. The minimum Gasteiger partial charge on any atom is -0.492 e. The van der Waals surface area contributed by atoms with Gasteiger partial charge in [0.1, 0.15) is 17.9 Å². The predicted octanol–water partition coefficient (Wildman–Crippen LogP) is 3.85. The van der Waals surface area contributed by atoms with E-state index >= 15 is 4.39 Å². The van der Waals surface area contributed by atoms with Crippen LogP contribution in [0.25, 0.3) is 10.9 Å². The number of nitrogens with one attached hydrogen (secondary N) is 2. The Labute approximate surface area is 230 Å². The SMILES string of the molecule is COc1c(N2CCC(NC(=O)OCc3ccccc3)C(C)(C)C2)c(F)c(C2(N)CC2)c2c(=O)c(C(=O)O)c[nH]c12. The van der Waals surface area contributed by atoms with E-state index in [0.29, 0.717) is 32.4 Å². The number of carboxylic acid groups (broad SMARTS) is 1. The van der Waals surface area contributed by atoms with Crippen LogP contribution in [0.15, 0.2) is 41.3 Å². The first-order chi connectivity index (χ1) is 19.0. The van der Waals surface area contributed by atoms with Crippen LogP contribution < -0.4 is 26.1 Å². The van der Waals surface area contributed by atoms with E-state index in [1.807, 2.05) is 49.1 Å².